The number of anilines is 3. The maximum atomic E-state index is 10.0. The molecule has 2 aromatic carbocycles. The van der Waals surface area contributed by atoms with Gasteiger partial charge in [-0.1, -0.05) is 41.6 Å². The van der Waals surface area contributed by atoms with Gasteiger partial charge in [0.15, 0.2) is 5.13 Å². The van der Waals surface area contributed by atoms with E-state index in [2.05, 4.69) is 27.4 Å². The molecule has 0 aliphatic carbocycles. The second-order valence-electron chi connectivity index (χ2n) is 7.89. The van der Waals surface area contributed by atoms with Gasteiger partial charge in [0, 0.05) is 27.4 Å². The van der Waals surface area contributed by atoms with E-state index in [0.717, 1.165) is 11.4 Å². The van der Waals surface area contributed by atoms with Crippen molar-refractivity contribution in [2.75, 3.05) is 24.3 Å². The SMILES string of the molecule is N#Cc1c(N)nc(SCc2csc(Nc3cccc(Cl)c3)n2)c(C#N)c1-c1ccc(OC[C@@H](O)CO)cc1. The van der Waals surface area contributed by atoms with Crippen LogP contribution in [0.15, 0.2) is 58.9 Å². The lowest BCUT2D eigenvalue weighted by Gasteiger charge is -2.14. The first-order chi connectivity index (χ1) is 18.4. The molecule has 0 aliphatic heterocycles. The molecule has 0 radical (unpaired) electrons. The van der Waals surface area contributed by atoms with Crippen LogP contribution in [0.2, 0.25) is 5.02 Å². The summed E-state index contributed by atoms with van der Waals surface area (Å²) in [5.41, 5.74) is 9.05. The number of hydrogen-bond acceptors (Lipinski definition) is 11. The number of ether oxygens (including phenoxy) is 1. The summed E-state index contributed by atoms with van der Waals surface area (Å²) < 4.78 is 5.44. The molecule has 2 aromatic heterocycles. The van der Waals surface area contributed by atoms with Crippen LogP contribution in [0, 0.1) is 22.7 Å². The average Bonchev–Trinajstić information content (AvgIpc) is 3.37. The summed E-state index contributed by atoms with van der Waals surface area (Å²) in [5.74, 6) is 0.915. The van der Waals surface area contributed by atoms with Crippen LogP contribution < -0.4 is 15.8 Å². The van der Waals surface area contributed by atoms with E-state index in [4.69, 9.17) is 27.2 Å². The Labute approximate surface area is 232 Å². The number of halogens is 1. The van der Waals surface area contributed by atoms with Crippen molar-refractivity contribution in [3.05, 3.63) is 75.8 Å². The molecule has 5 N–H and O–H groups in total. The molecule has 192 valence electrons. The van der Waals surface area contributed by atoms with E-state index in [1.165, 1.54) is 23.1 Å². The normalized spacial score (nSPS) is 11.4. The van der Waals surface area contributed by atoms with Crippen molar-refractivity contribution in [3.8, 4) is 29.0 Å². The highest BCUT2D eigenvalue weighted by molar-refractivity contribution is 7.98. The number of nitrogens with one attached hydrogen (secondary N) is 1. The van der Waals surface area contributed by atoms with Crippen molar-refractivity contribution in [3.63, 3.8) is 0 Å². The van der Waals surface area contributed by atoms with Crippen LogP contribution >= 0.6 is 34.7 Å². The van der Waals surface area contributed by atoms with Crippen LogP contribution in [0.4, 0.5) is 16.6 Å². The minimum absolute atomic E-state index is 0.0250. The number of benzene rings is 2. The zero-order valence-corrected chi connectivity index (χ0v) is 22.1. The number of thioether (sulfide) groups is 1. The molecule has 38 heavy (non-hydrogen) atoms. The number of nitrogens with zero attached hydrogens (tertiary/aromatic N) is 4. The van der Waals surface area contributed by atoms with Gasteiger partial charge in [-0.2, -0.15) is 10.5 Å². The van der Waals surface area contributed by atoms with E-state index < -0.39 is 12.7 Å². The first-order valence-electron chi connectivity index (χ1n) is 11.2. The van der Waals surface area contributed by atoms with Crippen molar-refractivity contribution in [1.82, 2.24) is 9.97 Å². The van der Waals surface area contributed by atoms with Crippen molar-refractivity contribution in [2.24, 2.45) is 0 Å². The molecule has 0 saturated carbocycles. The lowest BCUT2D eigenvalue weighted by Crippen LogP contribution is -2.21. The fourth-order valence-corrected chi connectivity index (χ4v) is 5.33. The predicted molar refractivity (Wildman–Crippen MR) is 149 cm³/mol. The Kier molecular flexibility index (Phi) is 9.02. The van der Waals surface area contributed by atoms with Crippen LogP contribution in [0.25, 0.3) is 11.1 Å². The number of rotatable bonds is 10. The Bertz CT molecular complexity index is 1520. The second-order valence-corrected chi connectivity index (χ2v) is 10.1. The van der Waals surface area contributed by atoms with Gasteiger partial charge in [0.2, 0.25) is 0 Å². The van der Waals surface area contributed by atoms with Gasteiger partial charge in [0.05, 0.1) is 17.9 Å². The number of aliphatic hydroxyl groups is 2. The molecule has 0 amide bonds. The van der Waals surface area contributed by atoms with Gasteiger partial charge in [-0.15, -0.1) is 11.3 Å². The Morgan fingerprint density at radius 3 is 2.58 bits per heavy atom. The first-order valence-corrected chi connectivity index (χ1v) is 13.4. The zero-order valence-electron chi connectivity index (χ0n) is 19.8. The lowest BCUT2D eigenvalue weighted by atomic mass is 9.97. The number of aliphatic hydroxyl groups excluding tert-OH is 2. The van der Waals surface area contributed by atoms with Gasteiger partial charge < -0.3 is 26.0 Å². The summed E-state index contributed by atoms with van der Waals surface area (Å²) in [6.45, 7) is -0.481. The predicted octanol–water partition coefficient (Wildman–Crippen LogP) is 4.95. The van der Waals surface area contributed by atoms with E-state index in [0.29, 0.717) is 37.8 Å². The summed E-state index contributed by atoms with van der Waals surface area (Å²) >= 11 is 8.79. The average molecular weight is 565 g/mol. The zero-order chi connectivity index (χ0) is 27.1. The molecule has 9 nitrogen and oxygen atoms in total. The van der Waals surface area contributed by atoms with E-state index in [1.54, 1.807) is 36.4 Å². The molecule has 1 atom stereocenters. The quantitative estimate of drug-likeness (QED) is 0.194. The van der Waals surface area contributed by atoms with Crippen LogP contribution in [-0.4, -0.2) is 39.5 Å². The molecule has 0 unspecified atom stereocenters. The maximum absolute atomic E-state index is 10.0. The summed E-state index contributed by atoms with van der Waals surface area (Å²) in [6, 6.07) is 18.3. The third kappa shape index (κ3) is 6.53. The molecule has 0 aliphatic rings. The number of aromatic nitrogens is 2. The van der Waals surface area contributed by atoms with Gasteiger partial charge in [-0.05, 0) is 35.9 Å². The van der Waals surface area contributed by atoms with Gasteiger partial charge in [0.25, 0.3) is 0 Å². The Hall–Kier alpha value is -3.84. The number of hydrogen-bond donors (Lipinski definition) is 4. The smallest absolute Gasteiger partial charge is 0.187 e. The Balaban J connectivity index is 1.56. The van der Waals surface area contributed by atoms with Crippen LogP contribution in [0.3, 0.4) is 0 Å². The van der Waals surface area contributed by atoms with Crippen molar-refractivity contribution in [2.45, 2.75) is 16.9 Å². The first kappa shape index (κ1) is 27.2. The van der Waals surface area contributed by atoms with Gasteiger partial charge in [0.1, 0.15) is 47.0 Å². The van der Waals surface area contributed by atoms with E-state index in [-0.39, 0.29) is 23.6 Å². The molecule has 0 saturated heterocycles. The third-order valence-electron chi connectivity index (χ3n) is 5.20. The molecule has 0 bridgehead atoms. The van der Waals surface area contributed by atoms with Crippen molar-refractivity contribution in [1.29, 1.82) is 10.5 Å². The topological polar surface area (TPSA) is 161 Å². The van der Waals surface area contributed by atoms with E-state index >= 15 is 0 Å². The highest BCUT2D eigenvalue weighted by Gasteiger charge is 2.21. The standard InChI is InChI=1S/C26H21ClN6O3S2/c27-16-2-1-3-17(8-16)31-26-32-18(14-38-26)13-37-25-22(10-29)23(21(9-28)24(30)33-25)15-4-6-20(7-5-15)36-12-19(35)11-34/h1-8,14,19,34-35H,11-13H2,(H2,30,33)(H,31,32)/t19-/m0/s1. The summed E-state index contributed by atoms with van der Waals surface area (Å²) in [4.78, 5) is 8.93. The summed E-state index contributed by atoms with van der Waals surface area (Å²) in [5, 5.41) is 45.0. The molecule has 12 heteroatoms. The van der Waals surface area contributed by atoms with Crippen LogP contribution in [0.1, 0.15) is 16.8 Å². The third-order valence-corrected chi connectivity index (χ3v) is 7.25. The molecular weight excluding hydrogens is 544 g/mol. The molecule has 4 aromatic rings. The molecule has 2 heterocycles. The van der Waals surface area contributed by atoms with Gasteiger partial charge in [-0.3, -0.25) is 0 Å². The molecular formula is C26H21ClN6O3S2. The molecule has 0 spiro atoms. The minimum Gasteiger partial charge on any atom is -0.491 e. The number of nitriles is 2. The number of pyridine rings is 1. The fourth-order valence-electron chi connectivity index (χ4n) is 3.42. The van der Waals surface area contributed by atoms with Gasteiger partial charge in [-0.25, -0.2) is 9.97 Å². The summed E-state index contributed by atoms with van der Waals surface area (Å²) in [7, 11) is 0. The van der Waals surface area contributed by atoms with Crippen LogP contribution in [0.5, 0.6) is 5.75 Å². The fraction of sp³-hybridized carbons (Fsp3) is 0.154. The summed E-state index contributed by atoms with van der Waals surface area (Å²) in [6.07, 6.45) is -0.994. The van der Waals surface area contributed by atoms with Crippen molar-refractivity contribution < 1.29 is 14.9 Å². The lowest BCUT2D eigenvalue weighted by molar-refractivity contribution is 0.0536. The minimum atomic E-state index is -0.994. The molecule has 4 rings (SSSR count). The van der Waals surface area contributed by atoms with E-state index in [1.807, 2.05) is 17.5 Å². The highest BCUT2D eigenvalue weighted by atomic mass is 35.5. The highest BCUT2D eigenvalue weighted by Crippen LogP contribution is 2.37. The molecule has 0 fully saturated rings. The van der Waals surface area contributed by atoms with Crippen LogP contribution in [-0.2, 0) is 5.75 Å². The number of thiazole rings is 1. The monoisotopic (exact) mass is 564 g/mol. The second kappa shape index (κ2) is 12.6. The number of nitrogen functional groups attached to an aromatic ring is 1. The van der Waals surface area contributed by atoms with Gasteiger partial charge >= 0.3 is 0 Å². The number of nitrogens with two attached hydrogens (primary N) is 1. The Morgan fingerprint density at radius 1 is 1.13 bits per heavy atom. The maximum Gasteiger partial charge on any atom is 0.187 e. The largest absolute Gasteiger partial charge is 0.491 e. The Morgan fingerprint density at radius 2 is 1.89 bits per heavy atom. The van der Waals surface area contributed by atoms with Crippen molar-refractivity contribution >= 4 is 51.3 Å². The van der Waals surface area contributed by atoms with E-state index in [9.17, 15) is 15.6 Å².